The van der Waals surface area contributed by atoms with Crippen molar-refractivity contribution in [3.63, 3.8) is 0 Å². The molecule has 0 fully saturated rings. The van der Waals surface area contributed by atoms with Crippen LogP contribution >= 0.6 is 12.2 Å². The summed E-state index contributed by atoms with van der Waals surface area (Å²) >= 11 is 5.31. The van der Waals surface area contributed by atoms with E-state index in [1.807, 2.05) is 43.5 Å². The summed E-state index contributed by atoms with van der Waals surface area (Å²) in [5.74, 6) is 0. The molecule has 2 rings (SSSR count). The van der Waals surface area contributed by atoms with Crippen molar-refractivity contribution in [2.45, 2.75) is 20.3 Å². The molecule has 0 unspecified atom stereocenters. The van der Waals surface area contributed by atoms with Gasteiger partial charge in [0.1, 0.15) is 0 Å². The van der Waals surface area contributed by atoms with Gasteiger partial charge in [-0.1, -0.05) is 25.1 Å². The Bertz CT molecular complexity index is 517. The second kappa shape index (κ2) is 5.10. The van der Waals surface area contributed by atoms with E-state index < -0.39 is 0 Å². The molecule has 0 spiro atoms. The van der Waals surface area contributed by atoms with Gasteiger partial charge in [0.2, 0.25) is 0 Å². The van der Waals surface area contributed by atoms with Gasteiger partial charge in [0.05, 0.1) is 5.69 Å². The van der Waals surface area contributed by atoms with E-state index >= 15 is 0 Å². The molecule has 0 amide bonds. The first-order chi connectivity index (χ1) is 8.20. The van der Waals surface area contributed by atoms with Gasteiger partial charge < -0.3 is 5.32 Å². The van der Waals surface area contributed by atoms with E-state index in [-0.39, 0.29) is 0 Å². The molecule has 0 saturated heterocycles. The number of hydrogen-bond donors (Lipinski definition) is 1. The van der Waals surface area contributed by atoms with Crippen LogP contribution in [-0.2, 0) is 6.42 Å². The molecule has 0 aliphatic rings. The number of anilines is 1. The number of rotatable bonds is 2. The summed E-state index contributed by atoms with van der Waals surface area (Å²) in [7, 11) is 0. The van der Waals surface area contributed by atoms with E-state index in [9.17, 15) is 0 Å². The highest BCUT2D eigenvalue weighted by Crippen LogP contribution is 2.09. The van der Waals surface area contributed by atoms with Crippen LogP contribution in [0.5, 0.6) is 0 Å². The second-order valence-electron chi connectivity index (χ2n) is 3.85. The van der Waals surface area contributed by atoms with Crippen LogP contribution in [0.4, 0.5) is 5.69 Å². The van der Waals surface area contributed by atoms with Crippen LogP contribution in [0.25, 0.3) is 0 Å². The maximum absolute atomic E-state index is 5.31. The molecule has 17 heavy (non-hydrogen) atoms. The lowest BCUT2D eigenvalue weighted by Crippen LogP contribution is -2.19. The Morgan fingerprint density at radius 2 is 2.06 bits per heavy atom. The largest absolute Gasteiger partial charge is 0.331 e. The number of nitrogens with one attached hydrogen (secondary N) is 1. The molecule has 1 heterocycles. The summed E-state index contributed by atoms with van der Waals surface area (Å²) in [4.78, 5) is 0. The average Bonchev–Trinajstić information content (AvgIpc) is 2.72. The molecule has 1 aromatic heterocycles. The lowest BCUT2D eigenvalue weighted by Gasteiger charge is -2.06. The van der Waals surface area contributed by atoms with Gasteiger partial charge >= 0.3 is 0 Å². The van der Waals surface area contributed by atoms with Crippen LogP contribution in [0.3, 0.4) is 0 Å². The fourth-order valence-corrected chi connectivity index (χ4v) is 1.86. The number of thiocarbonyl (C=S) groups is 1. The molecule has 1 aromatic carbocycles. The molecule has 88 valence electrons. The summed E-state index contributed by atoms with van der Waals surface area (Å²) in [5.41, 5.74) is 3.23. The van der Waals surface area contributed by atoms with Crippen LogP contribution in [0, 0.1) is 6.92 Å². The van der Waals surface area contributed by atoms with E-state index in [1.54, 1.807) is 4.68 Å². The Labute approximate surface area is 106 Å². The predicted octanol–water partition coefficient (Wildman–Crippen LogP) is 3.00. The van der Waals surface area contributed by atoms with Crippen LogP contribution < -0.4 is 5.32 Å². The highest BCUT2D eigenvalue weighted by atomic mass is 32.1. The maximum atomic E-state index is 5.31. The van der Waals surface area contributed by atoms with Crippen molar-refractivity contribution in [2.24, 2.45) is 0 Å². The first kappa shape index (κ1) is 11.8. The van der Waals surface area contributed by atoms with Crippen molar-refractivity contribution in [1.29, 1.82) is 0 Å². The van der Waals surface area contributed by atoms with Gasteiger partial charge in [-0.15, -0.1) is 0 Å². The van der Waals surface area contributed by atoms with E-state index in [2.05, 4.69) is 17.3 Å². The van der Waals surface area contributed by atoms with Gasteiger partial charge in [0.25, 0.3) is 0 Å². The number of aromatic nitrogens is 2. The van der Waals surface area contributed by atoms with Crippen molar-refractivity contribution in [2.75, 3.05) is 5.32 Å². The Balaban J connectivity index is 2.15. The molecule has 0 radical (unpaired) electrons. The number of para-hydroxylation sites is 1. The third-order valence-electron chi connectivity index (χ3n) is 2.57. The number of hydrogen-bond acceptors (Lipinski definition) is 2. The molecule has 0 aliphatic heterocycles. The molecule has 4 heteroatoms. The lowest BCUT2D eigenvalue weighted by atomic mass is 10.2. The standard InChI is InChI=1S/C13H15N3S/c1-3-12-10(2)9-16(15-12)13(17)14-11-7-5-4-6-8-11/h4-9H,3H2,1-2H3,(H,14,17). The van der Waals surface area contributed by atoms with E-state index in [4.69, 9.17) is 12.2 Å². The Morgan fingerprint density at radius 3 is 2.65 bits per heavy atom. The number of benzene rings is 1. The molecule has 0 aliphatic carbocycles. The summed E-state index contributed by atoms with van der Waals surface area (Å²) < 4.78 is 1.72. The van der Waals surface area contributed by atoms with Crippen LogP contribution in [-0.4, -0.2) is 14.9 Å². The van der Waals surface area contributed by atoms with Gasteiger partial charge in [-0.2, -0.15) is 5.10 Å². The zero-order valence-electron chi connectivity index (χ0n) is 9.97. The monoisotopic (exact) mass is 245 g/mol. The predicted molar refractivity (Wildman–Crippen MR) is 74.4 cm³/mol. The topological polar surface area (TPSA) is 29.9 Å². The van der Waals surface area contributed by atoms with Gasteiger partial charge in [-0.05, 0) is 43.3 Å². The third kappa shape index (κ3) is 2.71. The zero-order chi connectivity index (χ0) is 12.3. The lowest BCUT2D eigenvalue weighted by molar-refractivity contribution is 0.889. The van der Waals surface area contributed by atoms with E-state index in [1.165, 1.54) is 5.56 Å². The summed E-state index contributed by atoms with van der Waals surface area (Å²) in [6, 6.07) is 9.86. The van der Waals surface area contributed by atoms with Crippen LogP contribution in [0.2, 0.25) is 0 Å². The fraction of sp³-hybridized carbons (Fsp3) is 0.231. The quantitative estimate of drug-likeness (QED) is 0.825. The minimum atomic E-state index is 0.596. The molecule has 2 aromatic rings. The van der Waals surface area contributed by atoms with E-state index in [0.29, 0.717) is 5.11 Å². The molecular weight excluding hydrogens is 230 g/mol. The van der Waals surface area contributed by atoms with Crippen molar-refractivity contribution in [1.82, 2.24) is 9.78 Å². The molecule has 1 N–H and O–H groups in total. The summed E-state index contributed by atoms with van der Waals surface area (Å²) in [6.07, 6.45) is 2.88. The molecule has 0 saturated carbocycles. The van der Waals surface area contributed by atoms with Gasteiger partial charge in [0.15, 0.2) is 5.11 Å². The molecular formula is C13H15N3S. The maximum Gasteiger partial charge on any atom is 0.198 e. The van der Waals surface area contributed by atoms with E-state index in [0.717, 1.165) is 17.8 Å². The van der Waals surface area contributed by atoms with Crippen molar-refractivity contribution in [3.05, 3.63) is 47.8 Å². The smallest absolute Gasteiger partial charge is 0.198 e. The van der Waals surface area contributed by atoms with Gasteiger partial charge in [-0.25, -0.2) is 4.68 Å². The first-order valence-corrected chi connectivity index (χ1v) is 6.03. The van der Waals surface area contributed by atoms with Gasteiger partial charge in [-0.3, -0.25) is 0 Å². The Hall–Kier alpha value is -1.68. The second-order valence-corrected chi connectivity index (χ2v) is 4.24. The third-order valence-corrected chi connectivity index (χ3v) is 2.86. The highest BCUT2D eigenvalue weighted by Gasteiger charge is 2.06. The minimum absolute atomic E-state index is 0.596. The van der Waals surface area contributed by atoms with Crippen molar-refractivity contribution < 1.29 is 0 Å². The minimum Gasteiger partial charge on any atom is -0.331 e. The molecule has 0 atom stereocenters. The Morgan fingerprint density at radius 1 is 1.35 bits per heavy atom. The average molecular weight is 245 g/mol. The Kier molecular flexibility index (Phi) is 3.54. The van der Waals surface area contributed by atoms with Crippen LogP contribution in [0.15, 0.2) is 36.5 Å². The van der Waals surface area contributed by atoms with Crippen molar-refractivity contribution in [3.8, 4) is 0 Å². The van der Waals surface area contributed by atoms with Crippen LogP contribution in [0.1, 0.15) is 18.2 Å². The SMILES string of the molecule is CCc1nn(C(=S)Nc2ccccc2)cc1C. The summed E-state index contributed by atoms with van der Waals surface area (Å²) in [5, 5.41) is 8.19. The fourth-order valence-electron chi connectivity index (χ4n) is 1.65. The summed E-state index contributed by atoms with van der Waals surface area (Å²) in [6.45, 7) is 4.14. The molecule has 3 nitrogen and oxygen atoms in total. The zero-order valence-corrected chi connectivity index (χ0v) is 10.8. The first-order valence-electron chi connectivity index (χ1n) is 5.62. The highest BCUT2D eigenvalue weighted by molar-refractivity contribution is 7.80. The van der Waals surface area contributed by atoms with Crippen molar-refractivity contribution >= 4 is 23.0 Å². The number of nitrogens with zero attached hydrogens (tertiary/aromatic N) is 2. The van der Waals surface area contributed by atoms with Gasteiger partial charge in [0, 0.05) is 11.9 Å². The molecule has 0 bridgehead atoms. The number of aryl methyl sites for hydroxylation is 2. The normalized spacial score (nSPS) is 10.2.